The van der Waals surface area contributed by atoms with Gasteiger partial charge in [-0.3, -0.25) is 9.59 Å². The number of halogens is 3. The highest BCUT2D eigenvalue weighted by molar-refractivity contribution is 6.34. The van der Waals surface area contributed by atoms with Gasteiger partial charge in [-0.2, -0.15) is 0 Å². The first-order chi connectivity index (χ1) is 15.3. The zero-order chi connectivity index (χ0) is 22.8. The quantitative estimate of drug-likeness (QED) is 0.566. The lowest BCUT2D eigenvalue weighted by Crippen LogP contribution is -2.45. The molecule has 0 saturated carbocycles. The summed E-state index contributed by atoms with van der Waals surface area (Å²) in [5.74, 6) is -2.21. The van der Waals surface area contributed by atoms with Gasteiger partial charge in [-0.25, -0.2) is 9.37 Å². The lowest BCUT2D eigenvalue weighted by Gasteiger charge is -2.37. The highest BCUT2D eigenvalue weighted by atomic mass is 35.5. The largest absolute Gasteiger partial charge is 0.480 e. The molecule has 0 radical (unpaired) electrons. The number of pyridine rings is 1. The van der Waals surface area contributed by atoms with E-state index in [1.807, 2.05) is 0 Å². The van der Waals surface area contributed by atoms with Crippen LogP contribution in [-0.4, -0.2) is 41.6 Å². The molecule has 2 aromatic carbocycles. The highest BCUT2D eigenvalue weighted by Crippen LogP contribution is 2.36. The molecule has 0 fully saturated rings. The molecule has 0 aliphatic carbocycles. The Bertz CT molecular complexity index is 1210. The summed E-state index contributed by atoms with van der Waals surface area (Å²) in [5.41, 5.74) is 0.975. The van der Waals surface area contributed by atoms with Crippen molar-refractivity contribution in [2.24, 2.45) is 0 Å². The van der Waals surface area contributed by atoms with Gasteiger partial charge in [-0.1, -0.05) is 35.3 Å². The van der Waals surface area contributed by atoms with Gasteiger partial charge in [0.15, 0.2) is 0 Å². The number of carbonyl (C=O) groups excluding carboxylic acids is 1. The molecule has 3 aromatic rings. The lowest BCUT2D eigenvalue weighted by molar-refractivity contribution is -0.135. The summed E-state index contributed by atoms with van der Waals surface area (Å²) in [6, 6.07) is 12.5. The number of carbonyl (C=O) groups is 2. The van der Waals surface area contributed by atoms with Gasteiger partial charge in [-0.05, 0) is 30.3 Å². The van der Waals surface area contributed by atoms with E-state index in [0.717, 1.165) is 12.3 Å². The van der Waals surface area contributed by atoms with Gasteiger partial charge < -0.3 is 19.6 Å². The number of rotatable bonds is 5. The van der Waals surface area contributed by atoms with Crippen LogP contribution in [0.5, 0.6) is 11.6 Å². The van der Waals surface area contributed by atoms with Crippen molar-refractivity contribution in [3.8, 4) is 11.6 Å². The van der Waals surface area contributed by atoms with E-state index in [-0.39, 0.29) is 41.8 Å². The number of ether oxygens (including phenoxy) is 1. The zero-order valence-electron chi connectivity index (χ0n) is 16.5. The summed E-state index contributed by atoms with van der Waals surface area (Å²) < 4.78 is 19.8. The average Bonchev–Trinajstić information content (AvgIpc) is 2.77. The van der Waals surface area contributed by atoms with Crippen LogP contribution in [-0.2, 0) is 4.79 Å². The smallest absolute Gasteiger partial charge is 0.323 e. The Morgan fingerprint density at radius 3 is 2.59 bits per heavy atom. The van der Waals surface area contributed by atoms with Gasteiger partial charge in [-0.15, -0.1) is 0 Å². The van der Waals surface area contributed by atoms with Gasteiger partial charge in [0.1, 0.15) is 23.7 Å². The fourth-order valence-electron chi connectivity index (χ4n) is 3.43. The topological polar surface area (TPSA) is 83.0 Å². The van der Waals surface area contributed by atoms with Crippen molar-refractivity contribution in [1.29, 1.82) is 0 Å². The fourth-order valence-corrected chi connectivity index (χ4v) is 3.74. The second-order valence-corrected chi connectivity index (χ2v) is 7.79. The number of nitrogens with zero attached hydrogens (tertiary/aromatic N) is 3. The van der Waals surface area contributed by atoms with E-state index < -0.39 is 17.7 Å². The lowest BCUT2D eigenvalue weighted by atomic mass is 10.1. The second kappa shape index (κ2) is 9.02. The summed E-state index contributed by atoms with van der Waals surface area (Å²) in [7, 11) is 0. The van der Waals surface area contributed by atoms with E-state index in [2.05, 4.69) is 4.98 Å². The molecular formula is C22H16Cl2FN3O4. The summed E-state index contributed by atoms with van der Waals surface area (Å²) >= 11 is 12.1. The Morgan fingerprint density at radius 1 is 1.09 bits per heavy atom. The third kappa shape index (κ3) is 4.46. The van der Waals surface area contributed by atoms with E-state index in [9.17, 15) is 19.1 Å². The number of hydrogen-bond acceptors (Lipinski definition) is 5. The van der Waals surface area contributed by atoms with Crippen LogP contribution in [0.25, 0.3) is 0 Å². The molecule has 0 atom stereocenters. The molecule has 0 spiro atoms. The van der Waals surface area contributed by atoms with Gasteiger partial charge in [0.2, 0.25) is 5.88 Å². The van der Waals surface area contributed by atoms with Crippen molar-refractivity contribution in [2.45, 2.75) is 0 Å². The molecular weight excluding hydrogens is 460 g/mol. The number of benzene rings is 2. The van der Waals surface area contributed by atoms with Gasteiger partial charge >= 0.3 is 5.97 Å². The third-order valence-electron chi connectivity index (χ3n) is 4.83. The van der Waals surface area contributed by atoms with Crippen LogP contribution in [0, 0.1) is 5.82 Å². The van der Waals surface area contributed by atoms with E-state index in [4.69, 9.17) is 27.9 Å². The summed E-state index contributed by atoms with van der Waals surface area (Å²) in [4.78, 5) is 31.7. The molecule has 32 heavy (non-hydrogen) atoms. The number of carboxylic acid groups (broad SMARTS) is 1. The van der Waals surface area contributed by atoms with Crippen LogP contribution in [0.3, 0.4) is 0 Å². The second-order valence-electron chi connectivity index (χ2n) is 6.94. The predicted molar refractivity (Wildman–Crippen MR) is 119 cm³/mol. The Hall–Kier alpha value is -3.36. The molecule has 7 nitrogen and oxygen atoms in total. The minimum absolute atomic E-state index is 0.109. The first-order valence-electron chi connectivity index (χ1n) is 9.49. The number of aliphatic carboxylic acids is 1. The Balaban J connectivity index is 1.71. The van der Waals surface area contributed by atoms with Gasteiger partial charge in [0.05, 0.1) is 22.6 Å². The number of carboxylic acids is 1. The SMILES string of the molecule is O=C(O)CN1CCN(C(=O)c2cc(F)cnc2Oc2cc(Cl)ccc2Cl)c2ccccc21. The molecule has 1 aliphatic heterocycles. The Kier molecular flexibility index (Phi) is 6.16. The van der Waals surface area contributed by atoms with E-state index >= 15 is 0 Å². The Morgan fingerprint density at radius 2 is 1.84 bits per heavy atom. The maximum Gasteiger partial charge on any atom is 0.323 e. The molecule has 1 amide bonds. The normalized spacial score (nSPS) is 13.0. The summed E-state index contributed by atoms with van der Waals surface area (Å²) in [6.07, 6.45) is 0.934. The van der Waals surface area contributed by atoms with Crippen LogP contribution in [0.2, 0.25) is 10.0 Å². The van der Waals surface area contributed by atoms with E-state index in [1.54, 1.807) is 35.2 Å². The van der Waals surface area contributed by atoms with Crippen molar-refractivity contribution in [3.63, 3.8) is 0 Å². The number of amides is 1. The fraction of sp³-hybridized carbons (Fsp3) is 0.136. The molecule has 1 N–H and O–H groups in total. The van der Waals surface area contributed by atoms with E-state index in [0.29, 0.717) is 16.4 Å². The first kappa shape index (κ1) is 21.9. The molecule has 0 saturated heterocycles. The number of hydrogen-bond donors (Lipinski definition) is 1. The maximum atomic E-state index is 14.0. The number of anilines is 2. The van der Waals surface area contributed by atoms with Crippen molar-refractivity contribution in [1.82, 2.24) is 4.98 Å². The molecule has 10 heteroatoms. The molecule has 2 heterocycles. The molecule has 1 aliphatic rings. The summed E-state index contributed by atoms with van der Waals surface area (Å²) in [6.45, 7) is 0.271. The Labute approximate surface area is 192 Å². The standard InChI is InChI=1S/C22H16Cl2FN3O4/c23-13-5-6-16(24)19(9-13)32-21-15(10-14(25)11-26-21)22(31)28-8-7-27(12-20(29)30)17-3-1-2-4-18(17)28/h1-6,9-11H,7-8,12H2,(H,29,30). The van der Waals surface area contributed by atoms with Crippen molar-refractivity contribution in [3.05, 3.63) is 76.2 Å². The summed E-state index contributed by atoms with van der Waals surface area (Å²) in [5, 5.41) is 9.79. The van der Waals surface area contributed by atoms with Gasteiger partial charge in [0, 0.05) is 24.2 Å². The molecule has 164 valence electrons. The van der Waals surface area contributed by atoms with Crippen molar-refractivity contribution >= 4 is 46.5 Å². The average molecular weight is 476 g/mol. The zero-order valence-corrected chi connectivity index (χ0v) is 18.0. The van der Waals surface area contributed by atoms with Crippen LogP contribution < -0.4 is 14.5 Å². The maximum absolute atomic E-state index is 14.0. The number of fused-ring (bicyclic) bond motifs is 1. The van der Waals surface area contributed by atoms with Gasteiger partial charge in [0.25, 0.3) is 5.91 Å². The van der Waals surface area contributed by atoms with E-state index in [1.165, 1.54) is 17.0 Å². The monoisotopic (exact) mass is 475 g/mol. The number of para-hydroxylation sites is 2. The van der Waals surface area contributed by atoms with Crippen LogP contribution in [0.1, 0.15) is 10.4 Å². The third-order valence-corrected chi connectivity index (χ3v) is 5.37. The first-order valence-corrected chi connectivity index (χ1v) is 10.2. The minimum Gasteiger partial charge on any atom is -0.480 e. The molecule has 4 rings (SSSR count). The molecule has 1 aromatic heterocycles. The van der Waals surface area contributed by atoms with Crippen LogP contribution in [0.4, 0.5) is 15.8 Å². The highest BCUT2D eigenvalue weighted by Gasteiger charge is 2.30. The predicted octanol–water partition coefficient (Wildman–Crippen LogP) is 4.87. The van der Waals surface area contributed by atoms with Crippen molar-refractivity contribution < 1.29 is 23.8 Å². The van der Waals surface area contributed by atoms with Crippen LogP contribution in [0.15, 0.2) is 54.7 Å². The molecule has 0 unspecified atom stereocenters. The van der Waals surface area contributed by atoms with Crippen LogP contribution >= 0.6 is 23.2 Å². The minimum atomic E-state index is -0.983. The number of aromatic nitrogens is 1. The molecule has 0 bridgehead atoms. The van der Waals surface area contributed by atoms with Crippen molar-refractivity contribution in [2.75, 3.05) is 29.4 Å².